The van der Waals surface area contributed by atoms with Crippen LogP contribution in [-0.2, 0) is 11.2 Å². The second kappa shape index (κ2) is 9.11. The van der Waals surface area contributed by atoms with Crippen LogP contribution in [0, 0.1) is 0 Å². The first kappa shape index (κ1) is 20.2. The number of carbonyl (C=O) groups excluding carboxylic acids is 2. The number of carbonyl (C=O) groups is 2. The van der Waals surface area contributed by atoms with Crippen LogP contribution in [0.5, 0.6) is 11.5 Å². The van der Waals surface area contributed by atoms with Crippen molar-refractivity contribution in [2.45, 2.75) is 38.6 Å². The zero-order valence-corrected chi connectivity index (χ0v) is 16.8. The maximum Gasteiger partial charge on any atom is 0.220 e. The number of hydrogen-bond acceptors (Lipinski definition) is 4. The number of nitrogens with one attached hydrogen (secondary N) is 1. The van der Waals surface area contributed by atoms with E-state index in [1.807, 2.05) is 18.2 Å². The molecule has 6 heteroatoms. The zero-order chi connectivity index (χ0) is 20.1. The molecular weight excluding hydrogens is 378 g/mol. The monoisotopic (exact) mass is 401 g/mol. The van der Waals surface area contributed by atoms with Crippen molar-refractivity contribution < 1.29 is 19.1 Å². The van der Waals surface area contributed by atoms with Crippen molar-refractivity contribution in [2.75, 3.05) is 13.7 Å². The minimum atomic E-state index is -0.0303. The van der Waals surface area contributed by atoms with E-state index in [2.05, 4.69) is 5.32 Å². The van der Waals surface area contributed by atoms with E-state index in [1.165, 1.54) is 19.6 Å². The molecule has 0 spiro atoms. The molecule has 2 aromatic carbocycles. The van der Waals surface area contributed by atoms with Crippen LogP contribution in [0.1, 0.15) is 53.7 Å². The number of Topliss-reactive ketones (excluding diaryl/α,β-unsaturated/α-hetero) is 1. The molecule has 1 unspecified atom stereocenters. The first-order valence-electron chi connectivity index (χ1n) is 9.37. The van der Waals surface area contributed by atoms with Crippen LogP contribution in [0.2, 0.25) is 5.02 Å². The number of fused-ring (bicyclic) bond motifs is 1. The molecule has 3 rings (SSSR count). The summed E-state index contributed by atoms with van der Waals surface area (Å²) < 4.78 is 11.0. The average Bonchev–Trinajstić information content (AvgIpc) is 3.06. The molecule has 0 saturated carbocycles. The summed E-state index contributed by atoms with van der Waals surface area (Å²) in [7, 11) is 1.53. The normalized spacial score (nSPS) is 15.0. The third-order valence-electron chi connectivity index (χ3n) is 4.89. The molecule has 0 aliphatic heterocycles. The van der Waals surface area contributed by atoms with Gasteiger partial charge >= 0.3 is 0 Å². The number of ether oxygens (including phenoxy) is 2. The molecule has 28 heavy (non-hydrogen) atoms. The van der Waals surface area contributed by atoms with Gasteiger partial charge in [0.2, 0.25) is 5.91 Å². The lowest BCUT2D eigenvalue weighted by molar-refractivity contribution is -0.122. The molecule has 2 aromatic rings. The molecule has 0 radical (unpaired) electrons. The Labute approximate surface area is 170 Å². The van der Waals surface area contributed by atoms with Gasteiger partial charge in [-0.25, -0.2) is 0 Å². The number of methoxy groups -OCH3 is 1. The van der Waals surface area contributed by atoms with Gasteiger partial charge in [0, 0.05) is 17.0 Å². The third-order valence-corrected chi connectivity index (χ3v) is 5.13. The Morgan fingerprint density at radius 2 is 2.00 bits per heavy atom. The second-order valence-corrected chi connectivity index (χ2v) is 7.31. The number of ketones is 1. The number of halogens is 1. The van der Waals surface area contributed by atoms with Crippen LogP contribution in [0.15, 0.2) is 36.4 Å². The Morgan fingerprint density at radius 1 is 1.18 bits per heavy atom. The highest BCUT2D eigenvalue weighted by atomic mass is 35.5. The largest absolute Gasteiger partial charge is 0.493 e. The predicted octanol–water partition coefficient (Wildman–Crippen LogP) is 4.51. The number of amides is 1. The molecule has 0 saturated heterocycles. The summed E-state index contributed by atoms with van der Waals surface area (Å²) in [6.07, 6.45) is 2.80. The first-order valence-corrected chi connectivity index (χ1v) is 9.75. The van der Waals surface area contributed by atoms with E-state index in [0.29, 0.717) is 36.5 Å². The molecule has 148 valence electrons. The van der Waals surface area contributed by atoms with E-state index < -0.39 is 0 Å². The highest BCUT2D eigenvalue weighted by Gasteiger charge is 2.23. The standard InChI is InChI=1S/C22H24ClNO4/c1-14(25)15-6-10-20(21(13-15)27-2)28-11-3-4-22(26)24-19-9-5-16-12-17(23)7-8-18(16)19/h6-8,10,12-13,19H,3-5,9,11H2,1-2H3,(H,24,26). The lowest BCUT2D eigenvalue weighted by Crippen LogP contribution is -2.27. The Balaban J connectivity index is 1.46. The second-order valence-electron chi connectivity index (χ2n) is 6.88. The highest BCUT2D eigenvalue weighted by Crippen LogP contribution is 2.33. The summed E-state index contributed by atoms with van der Waals surface area (Å²) in [6.45, 7) is 1.89. The molecule has 0 aromatic heterocycles. The van der Waals surface area contributed by atoms with Crippen LogP contribution in [-0.4, -0.2) is 25.4 Å². The Morgan fingerprint density at radius 3 is 2.75 bits per heavy atom. The quantitative estimate of drug-likeness (QED) is 0.522. The van der Waals surface area contributed by atoms with Gasteiger partial charge in [-0.3, -0.25) is 9.59 Å². The maximum atomic E-state index is 12.3. The van der Waals surface area contributed by atoms with Crippen molar-refractivity contribution in [1.29, 1.82) is 0 Å². The number of aryl methyl sites for hydroxylation is 1. The fourth-order valence-electron chi connectivity index (χ4n) is 3.42. The number of hydrogen-bond donors (Lipinski definition) is 1. The summed E-state index contributed by atoms with van der Waals surface area (Å²) in [5.41, 5.74) is 2.94. The summed E-state index contributed by atoms with van der Waals surface area (Å²) >= 11 is 6.03. The molecule has 1 aliphatic rings. The van der Waals surface area contributed by atoms with Gasteiger partial charge in [0.15, 0.2) is 17.3 Å². The van der Waals surface area contributed by atoms with E-state index in [4.69, 9.17) is 21.1 Å². The molecule has 5 nitrogen and oxygen atoms in total. The van der Waals surface area contributed by atoms with E-state index in [0.717, 1.165) is 23.4 Å². The van der Waals surface area contributed by atoms with Crippen LogP contribution in [0.4, 0.5) is 0 Å². The van der Waals surface area contributed by atoms with Crippen molar-refractivity contribution in [3.63, 3.8) is 0 Å². The smallest absolute Gasteiger partial charge is 0.220 e. The highest BCUT2D eigenvalue weighted by molar-refractivity contribution is 6.30. The van der Waals surface area contributed by atoms with Crippen LogP contribution in [0.25, 0.3) is 0 Å². The van der Waals surface area contributed by atoms with Gasteiger partial charge in [0.25, 0.3) is 0 Å². The molecule has 1 aliphatic carbocycles. The molecule has 1 N–H and O–H groups in total. The van der Waals surface area contributed by atoms with Crippen molar-refractivity contribution in [1.82, 2.24) is 5.32 Å². The fraction of sp³-hybridized carbons (Fsp3) is 0.364. The van der Waals surface area contributed by atoms with Crippen molar-refractivity contribution in [3.8, 4) is 11.5 Å². The van der Waals surface area contributed by atoms with Crippen molar-refractivity contribution >= 4 is 23.3 Å². The van der Waals surface area contributed by atoms with Crippen LogP contribution < -0.4 is 14.8 Å². The van der Waals surface area contributed by atoms with Gasteiger partial charge < -0.3 is 14.8 Å². The van der Waals surface area contributed by atoms with Gasteiger partial charge in [-0.05, 0) is 67.6 Å². The van der Waals surface area contributed by atoms with Crippen LogP contribution >= 0.6 is 11.6 Å². The lowest BCUT2D eigenvalue weighted by atomic mass is 10.1. The van der Waals surface area contributed by atoms with E-state index >= 15 is 0 Å². The minimum Gasteiger partial charge on any atom is -0.493 e. The molecule has 0 bridgehead atoms. The minimum absolute atomic E-state index is 0.00953. The molecule has 0 heterocycles. The molecule has 1 atom stereocenters. The van der Waals surface area contributed by atoms with Crippen molar-refractivity contribution in [3.05, 3.63) is 58.1 Å². The van der Waals surface area contributed by atoms with Gasteiger partial charge in [-0.15, -0.1) is 0 Å². The van der Waals surface area contributed by atoms with E-state index in [9.17, 15) is 9.59 Å². The zero-order valence-electron chi connectivity index (χ0n) is 16.1. The van der Waals surface area contributed by atoms with E-state index in [1.54, 1.807) is 18.2 Å². The maximum absolute atomic E-state index is 12.3. The summed E-state index contributed by atoms with van der Waals surface area (Å²) in [5.74, 6) is 1.06. The Kier molecular flexibility index (Phi) is 6.57. The topological polar surface area (TPSA) is 64.6 Å². The summed E-state index contributed by atoms with van der Waals surface area (Å²) in [4.78, 5) is 23.7. The summed E-state index contributed by atoms with van der Waals surface area (Å²) in [6, 6.07) is 11.0. The predicted molar refractivity (Wildman–Crippen MR) is 108 cm³/mol. The molecule has 0 fully saturated rings. The number of rotatable bonds is 8. The Hall–Kier alpha value is -2.53. The molecule has 1 amide bonds. The summed E-state index contributed by atoms with van der Waals surface area (Å²) in [5, 5.41) is 3.83. The average molecular weight is 402 g/mol. The van der Waals surface area contributed by atoms with Gasteiger partial charge in [0.1, 0.15) is 0 Å². The van der Waals surface area contributed by atoms with Gasteiger partial charge in [-0.1, -0.05) is 17.7 Å². The van der Waals surface area contributed by atoms with Crippen molar-refractivity contribution in [2.24, 2.45) is 0 Å². The van der Waals surface area contributed by atoms with E-state index in [-0.39, 0.29) is 17.7 Å². The SMILES string of the molecule is COc1cc(C(C)=O)ccc1OCCCC(=O)NC1CCc2cc(Cl)ccc21. The number of benzene rings is 2. The first-order chi connectivity index (χ1) is 13.5. The van der Waals surface area contributed by atoms with Gasteiger partial charge in [-0.2, -0.15) is 0 Å². The lowest BCUT2D eigenvalue weighted by Gasteiger charge is -2.15. The van der Waals surface area contributed by atoms with Crippen LogP contribution in [0.3, 0.4) is 0 Å². The van der Waals surface area contributed by atoms with Gasteiger partial charge in [0.05, 0.1) is 19.8 Å². The fourth-order valence-corrected chi connectivity index (χ4v) is 3.62. The molecular formula is C22H24ClNO4. The Bertz CT molecular complexity index is 881. The third kappa shape index (κ3) is 4.84.